The van der Waals surface area contributed by atoms with Gasteiger partial charge in [0.05, 0.1) is 6.04 Å². The highest BCUT2D eigenvalue weighted by Crippen LogP contribution is 2.33. The van der Waals surface area contributed by atoms with Gasteiger partial charge in [0, 0.05) is 17.9 Å². The van der Waals surface area contributed by atoms with Crippen LogP contribution in [-0.4, -0.2) is 6.54 Å². The molecule has 3 rings (SSSR count). The molecule has 1 heterocycles. The average molecular weight is 252 g/mol. The summed E-state index contributed by atoms with van der Waals surface area (Å²) in [6.45, 7) is 3.40. The van der Waals surface area contributed by atoms with Gasteiger partial charge in [-0.3, -0.25) is 0 Å². The molecule has 1 aliphatic rings. The summed E-state index contributed by atoms with van der Waals surface area (Å²) in [5.74, 6) is 0. The molecule has 0 fully saturated rings. The van der Waals surface area contributed by atoms with Gasteiger partial charge in [-0.25, -0.2) is 0 Å². The molecule has 98 valence electrons. The lowest BCUT2D eigenvalue weighted by Crippen LogP contribution is -2.31. The number of benzene rings is 2. The molecule has 1 atom stereocenters. The van der Waals surface area contributed by atoms with E-state index in [1.165, 1.54) is 29.7 Å². The number of nitrogens with two attached hydrogens (primary N) is 1. The van der Waals surface area contributed by atoms with E-state index in [0.717, 1.165) is 12.2 Å². The third-order valence-electron chi connectivity index (χ3n) is 4.03. The topological polar surface area (TPSA) is 29.3 Å². The summed E-state index contributed by atoms with van der Waals surface area (Å²) in [7, 11) is 0. The quantitative estimate of drug-likeness (QED) is 0.824. The summed E-state index contributed by atoms with van der Waals surface area (Å²) < 4.78 is 0. The van der Waals surface area contributed by atoms with Crippen molar-refractivity contribution in [2.24, 2.45) is 0 Å². The number of hydrogen-bond acceptors (Lipinski definition) is 2. The lowest BCUT2D eigenvalue weighted by atomic mass is 9.98. The normalized spacial score (nSPS) is 15.9. The molecule has 0 saturated heterocycles. The zero-order valence-electron chi connectivity index (χ0n) is 11.3. The van der Waals surface area contributed by atoms with Crippen molar-refractivity contribution in [3.05, 3.63) is 59.7 Å². The SMILES string of the molecule is CC(c1ccc(N)cc1)N1CCCc2ccccc21. The summed E-state index contributed by atoms with van der Waals surface area (Å²) in [5.41, 5.74) is 10.8. The maximum absolute atomic E-state index is 5.77. The molecule has 0 radical (unpaired) electrons. The number of anilines is 2. The van der Waals surface area contributed by atoms with Gasteiger partial charge in [0.25, 0.3) is 0 Å². The Morgan fingerprint density at radius 2 is 1.79 bits per heavy atom. The summed E-state index contributed by atoms with van der Waals surface area (Å²) >= 11 is 0. The van der Waals surface area contributed by atoms with Crippen LogP contribution in [-0.2, 0) is 6.42 Å². The Kier molecular flexibility index (Phi) is 3.16. The molecular weight excluding hydrogens is 232 g/mol. The first-order chi connectivity index (χ1) is 9.25. The number of rotatable bonds is 2. The van der Waals surface area contributed by atoms with Crippen molar-refractivity contribution in [2.75, 3.05) is 17.2 Å². The third kappa shape index (κ3) is 2.30. The molecule has 2 N–H and O–H groups in total. The van der Waals surface area contributed by atoms with Gasteiger partial charge in [0.2, 0.25) is 0 Å². The van der Waals surface area contributed by atoms with Gasteiger partial charge < -0.3 is 10.6 Å². The molecule has 0 spiro atoms. The van der Waals surface area contributed by atoms with Crippen LogP contribution in [0.15, 0.2) is 48.5 Å². The Morgan fingerprint density at radius 1 is 1.05 bits per heavy atom. The molecule has 0 aliphatic carbocycles. The molecule has 1 unspecified atom stereocenters. The Hall–Kier alpha value is -1.96. The van der Waals surface area contributed by atoms with Crippen molar-refractivity contribution < 1.29 is 0 Å². The van der Waals surface area contributed by atoms with E-state index < -0.39 is 0 Å². The van der Waals surface area contributed by atoms with E-state index in [1.807, 2.05) is 12.1 Å². The van der Waals surface area contributed by atoms with E-state index in [2.05, 4.69) is 48.2 Å². The van der Waals surface area contributed by atoms with E-state index in [0.29, 0.717) is 6.04 Å². The number of nitrogen functional groups attached to an aromatic ring is 1. The lowest BCUT2D eigenvalue weighted by Gasteiger charge is -2.36. The molecule has 19 heavy (non-hydrogen) atoms. The highest BCUT2D eigenvalue weighted by molar-refractivity contribution is 5.57. The largest absolute Gasteiger partial charge is 0.399 e. The molecular formula is C17H20N2. The summed E-state index contributed by atoms with van der Waals surface area (Å²) in [5, 5.41) is 0. The predicted octanol–water partition coefficient (Wildman–Crippen LogP) is 3.78. The van der Waals surface area contributed by atoms with Crippen LogP contribution in [0.25, 0.3) is 0 Å². The van der Waals surface area contributed by atoms with Gasteiger partial charge in [-0.2, -0.15) is 0 Å². The molecule has 0 amide bonds. The van der Waals surface area contributed by atoms with Gasteiger partial charge in [-0.15, -0.1) is 0 Å². The van der Waals surface area contributed by atoms with Crippen molar-refractivity contribution in [1.82, 2.24) is 0 Å². The standard InChI is InChI=1S/C17H20N2/c1-13(14-8-10-16(18)11-9-14)19-12-4-6-15-5-2-3-7-17(15)19/h2-3,5,7-11,13H,4,6,12,18H2,1H3. The zero-order valence-corrected chi connectivity index (χ0v) is 11.3. The minimum Gasteiger partial charge on any atom is -0.399 e. The van der Waals surface area contributed by atoms with E-state index >= 15 is 0 Å². The minimum absolute atomic E-state index is 0.391. The molecule has 1 aliphatic heterocycles. The van der Waals surface area contributed by atoms with Crippen LogP contribution < -0.4 is 10.6 Å². The first-order valence-electron chi connectivity index (χ1n) is 6.96. The maximum atomic E-state index is 5.77. The number of hydrogen-bond donors (Lipinski definition) is 1. The van der Waals surface area contributed by atoms with Gasteiger partial charge in [-0.05, 0) is 49.1 Å². The Balaban J connectivity index is 1.92. The average Bonchev–Trinajstić information content (AvgIpc) is 2.47. The van der Waals surface area contributed by atoms with Crippen LogP contribution >= 0.6 is 0 Å². The fourth-order valence-corrected chi connectivity index (χ4v) is 2.92. The van der Waals surface area contributed by atoms with Crippen LogP contribution in [0.1, 0.15) is 30.5 Å². The van der Waals surface area contributed by atoms with E-state index in [1.54, 1.807) is 0 Å². The Morgan fingerprint density at radius 3 is 2.58 bits per heavy atom. The molecule has 2 nitrogen and oxygen atoms in total. The van der Waals surface area contributed by atoms with Crippen LogP contribution in [0.2, 0.25) is 0 Å². The second-order valence-electron chi connectivity index (χ2n) is 5.27. The smallest absolute Gasteiger partial charge is 0.0514 e. The molecule has 0 saturated carbocycles. The van der Waals surface area contributed by atoms with Crippen molar-refractivity contribution in [3.8, 4) is 0 Å². The molecule has 2 aromatic rings. The van der Waals surface area contributed by atoms with Crippen LogP contribution in [0.4, 0.5) is 11.4 Å². The van der Waals surface area contributed by atoms with E-state index in [4.69, 9.17) is 5.73 Å². The fourth-order valence-electron chi connectivity index (χ4n) is 2.92. The van der Waals surface area contributed by atoms with Crippen LogP contribution in [0, 0.1) is 0 Å². The fraction of sp³-hybridized carbons (Fsp3) is 0.294. The minimum atomic E-state index is 0.391. The monoisotopic (exact) mass is 252 g/mol. The lowest BCUT2D eigenvalue weighted by molar-refractivity contribution is 0.616. The second kappa shape index (κ2) is 4.96. The first kappa shape index (κ1) is 12.1. The van der Waals surface area contributed by atoms with E-state index in [-0.39, 0.29) is 0 Å². The van der Waals surface area contributed by atoms with Crippen molar-refractivity contribution in [1.29, 1.82) is 0 Å². The van der Waals surface area contributed by atoms with Crippen molar-refractivity contribution in [3.63, 3.8) is 0 Å². The molecule has 2 aromatic carbocycles. The summed E-state index contributed by atoms with van der Waals surface area (Å²) in [4.78, 5) is 2.50. The number of para-hydroxylation sites is 1. The van der Waals surface area contributed by atoms with Gasteiger partial charge in [0.1, 0.15) is 0 Å². The van der Waals surface area contributed by atoms with E-state index in [9.17, 15) is 0 Å². The van der Waals surface area contributed by atoms with Gasteiger partial charge >= 0.3 is 0 Å². The van der Waals surface area contributed by atoms with Gasteiger partial charge in [-0.1, -0.05) is 30.3 Å². The highest BCUT2D eigenvalue weighted by Gasteiger charge is 2.21. The first-order valence-corrected chi connectivity index (χ1v) is 6.96. The number of aryl methyl sites for hydroxylation is 1. The molecule has 0 bridgehead atoms. The predicted molar refractivity (Wildman–Crippen MR) is 81.4 cm³/mol. The third-order valence-corrected chi connectivity index (χ3v) is 4.03. The summed E-state index contributed by atoms with van der Waals surface area (Å²) in [6, 6.07) is 17.4. The second-order valence-corrected chi connectivity index (χ2v) is 5.27. The number of nitrogens with zero attached hydrogens (tertiary/aromatic N) is 1. The molecule has 2 heteroatoms. The van der Waals surface area contributed by atoms with Crippen molar-refractivity contribution >= 4 is 11.4 Å². The molecule has 0 aromatic heterocycles. The Bertz CT molecular complexity index is 560. The highest BCUT2D eigenvalue weighted by atomic mass is 15.2. The van der Waals surface area contributed by atoms with Crippen LogP contribution in [0.5, 0.6) is 0 Å². The Labute approximate surface area is 114 Å². The van der Waals surface area contributed by atoms with Crippen molar-refractivity contribution in [2.45, 2.75) is 25.8 Å². The summed E-state index contributed by atoms with van der Waals surface area (Å²) in [6.07, 6.45) is 2.43. The van der Waals surface area contributed by atoms with Crippen LogP contribution in [0.3, 0.4) is 0 Å². The number of fused-ring (bicyclic) bond motifs is 1. The van der Waals surface area contributed by atoms with Gasteiger partial charge in [0.15, 0.2) is 0 Å². The zero-order chi connectivity index (χ0) is 13.2. The maximum Gasteiger partial charge on any atom is 0.0514 e.